The molecule has 1 N–H and O–H groups in total. The molecule has 108 valence electrons. The van der Waals surface area contributed by atoms with E-state index in [2.05, 4.69) is 18.2 Å². The number of ether oxygens (including phenoxy) is 1. The van der Waals surface area contributed by atoms with Gasteiger partial charge in [0.2, 0.25) is 0 Å². The number of methoxy groups -OCH3 is 1. The Hall–Kier alpha value is -1.94. The highest BCUT2D eigenvalue weighted by Gasteiger charge is 2.15. The van der Waals surface area contributed by atoms with Crippen LogP contribution in [0, 0.1) is 0 Å². The highest BCUT2D eigenvalue weighted by atomic mass is 32.2. The molecule has 0 aliphatic heterocycles. The molecular formula is C17H16O3S. The van der Waals surface area contributed by atoms with Crippen molar-refractivity contribution in [1.82, 2.24) is 0 Å². The SMILES string of the molecule is COc1ccc(C(=O)O)c(Sc2ccc3c(c2)CCC3)c1. The van der Waals surface area contributed by atoms with E-state index in [4.69, 9.17) is 4.74 Å². The van der Waals surface area contributed by atoms with Crippen LogP contribution in [0.1, 0.15) is 27.9 Å². The van der Waals surface area contributed by atoms with E-state index in [0.717, 1.165) is 17.7 Å². The first-order valence-corrected chi connectivity index (χ1v) is 7.70. The fourth-order valence-electron chi connectivity index (χ4n) is 2.63. The molecule has 0 amide bonds. The second-order valence-electron chi connectivity index (χ2n) is 5.05. The van der Waals surface area contributed by atoms with E-state index in [0.29, 0.717) is 16.2 Å². The first kappa shape index (κ1) is 14.0. The van der Waals surface area contributed by atoms with Crippen molar-refractivity contribution in [1.29, 1.82) is 0 Å². The molecule has 0 fully saturated rings. The summed E-state index contributed by atoms with van der Waals surface area (Å²) in [7, 11) is 1.58. The van der Waals surface area contributed by atoms with Crippen molar-refractivity contribution in [3.05, 3.63) is 53.1 Å². The number of hydrogen-bond acceptors (Lipinski definition) is 3. The van der Waals surface area contributed by atoms with Crippen LogP contribution in [0.2, 0.25) is 0 Å². The number of benzene rings is 2. The van der Waals surface area contributed by atoms with Gasteiger partial charge in [-0.2, -0.15) is 0 Å². The van der Waals surface area contributed by atoms with E-state index in [1.54, 1.807) is 25.3 Å². The third-order valence-corrected chi connectivity index (χ3v) is 4.76. The van der Waals surface area contributed by atoms with E-state index in [-0.39, 0.29) is 0 Å². The van der Waals surface area contributed by atoms with E-state index in [9.17, 15) is 9.90 Å². The van der Waals surface area contributed by atoms with E-state index in [1.807, 2.05) is 0 Å². The van der Waals surface area contributed by atoms with Crippen LogP contribution in [0.25, 0.3) is 0 Å². The smallest absolute Gasteiger partial charge is 0.336 e. The Labute approximate surface area is 127 Å². The predicted molar refractivity (Wildman–Crippen MR) is 82.5 cm³/mol. The van der Waals surface area contributed by atoms with Gasteiger partial charge in [0.15, 0.2) is 0 Å². The molecule has 0 bridgehead atoms. The zero-order valence-electron chi connectivity index (χ0n) is 11.8. The topological polar surface area (TPSA) is 46.5 Å². The van der Waals surface area contributed by atoms with E-state index >= 15 is 0 Å². The Bertz CT molecular complexity index is 694. The highest BCUT2D eigenvalue weighted by molar-refractivity contribution is 7.99. The van der Waals surface area contributed by atoms with Crippen molar-refractivity contribution < 1.29 is 14.6 Å². The average molecular weight is 300 g/mol. The van der Waals surface area contributed by atoms with Gasteiger partial charge in [-0.25, -0.2) is 4.79 Å². The molecule has 0 spiro atoms. The van der Waals surface area contributed by atoms with Gasteiger partial charge in [-0.15, -0.1) is 0 Å². The van der Waals surface area contributed by atoms with Crippen LogP contribution in [0.15, 0.2) is 46.2 Å². The van der Waals surface area contributed by atoms with Crippen LogP contribution in [0.3, 0.4) is 0 Å². The van der Waals surface area contributed by atoms with Crippen molar-refractivity contribution >= 4 is 17.7 Å². The minimum absolute atomic E-state index is 0.307. The Morgan fingerprint density at radius 3 is 2.71 bits per heavy atom. The summed E-state index contributed by atoms with van der Waals surface area (Å²) in [6, 6.07) is 11.5. The summed E-state index contributed by atoms with van der Waals surface area (Å²) in [5.41, 5.74) is 3.12. The molecule has 21 heavy (non-hydrogen) atoms. The van der Waals surface area contributed by atoms with Gasteiger partial charge < -0.3 is 9.84 Å². The lowest BCUT2D eigenvalue weighted by Crippen LogP contribution is -1.99. The third kappa shape index (κ3) is 2.90. The van der Waals surface area contributed by atoms with Gasteiger partial charge in [-0.1, -0.05) is 17.8 Å². The molecule has 0 saturated carbocycles. The molecule has 3 rings (SSSR count). The molecule has 0 saturated heterocycles. The molecule has 0 aromatic heterocycles. The summed E-state index contributed by atoms with van der Waals surface area (Å²) in [6.45, 7) is 0. The molecule has 2 aromatic rings. The molecule has 0 radical (unpaired) electrons. The van der Waals surface area contributed by atoms with Gasteiger partial charge in [-0.05, 0) is 60.7 Å². The lowest BCUT2D eigenvalue weighted by molar-refractivity contribution is 0.0693. The van der Waals surface area contributed by atoms with Crippen LogP contribution in [0.4, 0.5) is 0 Å². The maximum absolute atomic E-state index is 11.3. The number of carbonyl (C=O) groups is 1. The molecule has 0 unspecified atom stereocenters. The third-order valence-electron chi connectivity index (χ3n) is 3.72. The largest absolute Gasteiger partial charge is 0.497 e. The number of carboxylic acids is 1. The lowest BCUT2D eigenvalue weighted by Gasteiger charge is -2.09. The Kier molecular flexibility index (Phi) is 3.88. The average Bonchev–Trinajstić information content (AvgIpc) is 2.94. The van der Waals surface area contributed by atoms with Gasteiger partial charge in [0.25, 0.3) is 0 Å². The van der Waals surface area contributed by atoms with Crippen molar-refractivity contribution in [2.24, 2.45) is 0 Å². The Balaban J connectivity index is 1.95. The van der Waals surface area contributed by atoms with Crippen LogP contribution >= 0.6 is 11.8 Å². The summed E-state index contributed by atoms with van der Waals surface area (Å²) in [5.74, 6) is -0.245. The fourth-order valence-corrected chi connectivity index (χ4v) is 3.66. The lowest BCUT2D eigenvalue weighted by atomic mass is 10.1. The summed E-state index contributed by atoms with van der Waals surface area (Å²) in [4.78, 5) is 13.1. The molecule has 3 nitrogen and oxygen atoms in total. The van der Waals surface area contributed by atoms with E-state index in [1.165, 1.54) is 29.3 Å². The zero-order chi connectivity index (χ0) is 14.8. The standard InChI is InChI=1S/C17H16O3S/c1-20-13-6-8-15(17(18)19)16(10-13)21-14-7-5-11-3-2-4-12(11)9-14/h5-10H,2-4H2,1H3,(H,18,19). The van der Waals surface area contributed by atoms with Crippen molar-refractivity contribution in [2.75, 3.05) is 7.11 Å². The number of aromatic carboxylic acids is 1. The monoisotopic (exact) mass is 300 g/mol. The minimum Gasteiger partial charge on any atom is -0.497 e. The second kappa shape index (κ2) is 5.82. The molecule has 0 atom stereocenters. The highest BCUT2D eigenvalue weighted by Crippen LogP contribution is 2.35. The van der Waals surface area contributed by atoms with Crippen LogP contribution < -0.4 is 4.74 Å². The zero-order valence-corrected chi connectivity index (χ0v) is 12.6. The van der Waals surface area contributed by atoms with Crippen LogP contribution in [0.5, 0.6) is 5.75 Å². The normalized spacial score (nSPS) is 13.0. The molecule has 4 heteroatoms. The number of hydrogen-bond donors (Lipinski definition) is 1. The summed E-state index contributed by atoms with van der Waals surface area (Å²) >= 11 is 1.48. The quantitative estimate of drug-likeness (QED) is 0.926. The Morgan fingerprint density at radius 2 is 1.95 bits per heavy atom. The van der Waals surface area contributed by atoms with Crippen LogP contribution in [-0.2, 0) is 12.8 Å². The second-order valence-corrected chi connectivity index (χ2v) is 6.17. The van der Waals surface area contributed by atoms with E-state index < -0.39 is 5.97 Å². The Morgan fingerprint density at radius 1 is 1.14 bits per heavy atom. The first-order chi connectivity index (χ1) is 10.2. The first-order valence-electron chi connectivity index (χ1n) is 6.88. The number of fused-ring (bicyclic) bond motifs is 1. The summed E-state index contributed by atoms with van der Waals surface area (Å²) in [6.07, 6.45) is 3.48. The van der Waals surface area contributed by atoms with Gasteiger partial charge in [0.1, 0.15) is 5.75 Å². The van der Waals surface area contributed by atoms with Gasteiger partial charge >= 0.3 is 5.97 Å². The molecule has 0 heterocycles. The van der Waals surface area contributed by atoms with Crippen LogP contribution in [-0.4, -0.2) is 18.2 Å². The van der Waals surface area contributed by atoms with Gasteiger partial charge in [-0.3, -0.25) is 0 Å². The minimum atomic E-state index is -0.915. The van der Waals surface area contributed by atoms with Gasteiger partial charge in [0.05, 0.1) is 12.7 Å². The molecular weight excluding hydrogens is 284 g/mol. The van der Waals surface area contributed by atoms with Gasteiger partial charge in [0, 0.05) is 9.79 Å². The number of carboxylic acid groups (broad SMARTS) is 1. The maximum Gasteiger partial charge on any atom is 0.336 e. The summed E-state index contributed by atoms with van der Waals surface area (Å²) in [5, 5.41) is 9.31. The van der Waals surface area contributed by atoms with Crippen molar-refractivity contribution in [3.63, 3.8) is 0 Å². The van der Waals surface area contributed by atoms with Crippen molar-refractivity contribution in [2.45, 2.75) is 29.1 Å². The molecule has 1 aliphatic rings. The maximum atomic E-state index is 11.3. The molecule has 1 aliphatic carbocycles. The predicted octanol–water partition coefficient (Wildman–Crippen LogP) is 4.03. The molecule has 2 aromatic carbocycles. The fraction of sp³-hybridized carbons (Fsp3) is 0.235. The summed E-state index contributed by atoms with van der Waals surface area (Å²) < 4.78 is 5.20. The number of aryl methyl sites for hydroxylation is 2. The number of rotatable bonds is 4. The van der Waals surface area contributed by atoms with Crippen molar-refractivity contribution in [3.8, 4) is 5.75 Å².